The van der Waals surface area contributed by atoms with Gasteiger partial charge in [-0.15, -0.1) is 0 Å². The van der Waals surface area contributed by atoms with E-state index in [4.69, 9.17) is 9.72 Å². The molecule has 1 unspecified atom stereocenters. The number of rotatable bonds is 7. The number of amides is 2. The molecule has 1 aliphatic heterocycles. The molecule has 6 rings (SSSR count). The van der Waals surface area contributed by atoms with Crippen LogP contribution in [0.5, 0.6) is 5.75 Å². The standard InChI is InChI=1S/C28H23F2N5O3/c1-38-18-7-9-22-19(13-18)16(15-31-22)10-11-34-27(37)25(35-24-5-3-2-4-23(24)33-28(34)35)14-26(36)32-17-6-8-20(29)21(30)12-17/h2-9,12-13,15,25,31H,10-11,14H2,1H3,(H,32,36). The highest BCUT2D eigenvalue weighted by Gasteiger charge is 2.40. The first-order valence-electron chi connectivity index (χ1n) is 12.1. The van der Waals surface area contributed by atoms with Crippen molar-refractivity contribution in [3.05, 3.63) is 84.1 Å². The first-order chi connectivity index (χ1) is 18.4. The maximum absolute atomic E-state index is 13.6. The molecule has 0 saturated carbocycles. The SMILES string of the molecule is COc1ccc2[nH]cc(CCN3C(=O)C(CC(=O)Nc4ccc(F)c(F)c4)n4c3nc3ccccc34)c2c1. The van der Waals surface area contributed by atoms with Crippen molar-refractivity contribution in [3.63, 3.8) is 0 Å². The van der Waals surface area contributed by atoms with Crippen LogP contribution < -0.4 is 15.0 Å². The predicted molar refractivity (Wildman–Crippen MR) is 139 cm³/mol. The van der Waals surface area contributed by atoms with E-state index in [0.29, 0.717) is 24.4 Å². The number of para-hydroxylation sites is 2. The molecule has 2 N–H and O–H groups in total. The maximum atomic E-state index is 13.6. The number of carbonyl (C=O) groups excluding carboxylic acids is 2. The third kappa shape index (κ3) is 4.03. The summed E-state index contributed by atoms with van der Waals surface area (Å²) in [6.45, 7) is 0.355. The zero-order chi connectivity index (χ0) is 26.4. The van der Waals surface area contributed by atoms with E-state index >= 15 is 0 Å². The van der Waals surface area contributed by atoms with Gasteiger partial charge in [-0.25, -0.2) is 13.8 Å². The van der Waals surface area contributed by atoms with Crippen molar-refractivity contribution in [2.45, 2.75) is 18.9 Å². The van der Waals surface area contributed by atoms with E-state index in [9.17, 15) is 18.4 Å². The van der Waals surface area contributed by atoms with Gasteiger partial charge in [-0.3, -0.25) is 19.1 Å². The minimum Gasteiger partial charge on any atom is -0.497 e. The Balaban J connectivity index is 1.28. The lowest BCUT2D eigenvalue weighted by Crippen LogP contribution is -2.33. The molecule has 8 nitrogen and oxygen atoms in total. The number of fused-ring (bicyclic) bond motifs is 4. The summed E-state index contributed by atoms with van der Waals surface area (Å²) in [6.07, 6.45) is 2.28. The first kappa shape index (κ1) is 23.7. The van der Waals surface area contributed by atoms with Crippen molar-refractivity contribution >= 4 is 45.4 Å². The van der Waals surface area contributed by atoms with Crippen molar-refractivity contribution in [2.24, 2.45) is 0 Å². The summed E-state index contributed by atoms with van der Waals surface area (Å²) in [5, 5.41) is 3.57. The second kappa shape index (κ2) is 9.29. The molecule has 3 aromatic carbocycles. The summed E-state index contributed by atoms with van der Waals surface area (Å²) < 4.78 is 34.0. The van der Waals surface area contributed by atoms with Crippen molar-refractivity contribution in [3.8, 4) is 5.75 Å². The number of hydrogen-bond acceptors (Lipinski definition) is 4. The number of aromatic nitrogens is 3. The zero-order valence-electron chi connectivity index (χ0n) is 20.4. The Morgan fingerprint density at radius 1 is 1.11 bits per heavy atom. The van der Waals surface area contributed by atoms with E-state index in [1.807, 2.05) is 48.7 Å². The fraction of sp³-hybridized carbons (Fsp3) is 0.179. The van der Waals surface area contributed by atoms with Gasteiger partial charge in [-0.2, -0.15) is 0 Å². The maximum Gasteiger partial charge on any atom is 0.253 e. The van der Waals surface area contributed by atoms with Crippen LogP contribution in [0.15, 0.2) is 66.9 Å². The molecule has 0 spiro atoms. The van der Waals surface area contributed by atoms with Crippen molar-refractivity contribution in [1.29, 1.82) is 0 Å². The Kier molecular flexibility index (Phi) is 5.79. The zero-order valence-corrected chi connectivity index (χ0v) is 20.4. The quantitative estimate of drug-likeness (QED) is 0.320. The number of ether oxygens (including phenoxy) is 1. The number of halogens is 2. The van der Waals surface area contributed by atoms with Crippen molar-refractivity contribution in [2.75, 3.05) is 23.9 Å². The van der Waals surface area contributed by atoms with Gasteiger partial charge >= 0.3 is 0 Å². The van der Waals surface area contributed by atoms with Crippen LogP contribution in [-0.2, 0) is 16.0 Å². The van der Waals surface area contributed by atoms with Gasteiger partial charge in [0.25, 0.3) is 5.91 Å². The molecule has 1 aliphatic rings. The molecule has 38 heavy (non-hydrogen) atoms. The molecule has 0 fully saturated rings. The van der Waals surface area contributed by atoms with E-state index in [2.05, 4.69) is 10.3 Å². The smallest absolute Gasteiger partial charge is 0.253 e. The predicted octanol–water partition coefficient (Wildman–Crippen LogP) is 4.96. The second-order valence-corrected chi connectivity index (χ2v) is 9.13. The summed E-state index contributed by atoms with van der Waals surface area (Å²) in [5.74, 6) is -1.61. The lowest BCUT2D eigenvalue weighted by Gasteiger charge is -2.16. The fourth-order valence-electron chi connectivity index (χ4n) is 4.99. The molecular formula is C28H23F2N5O3. The van der Waals surface area contributed by atoms with Crippen LogP contribution in [0.4, 0.5) is 20.4 Å². The number of nitrogens with zero attached hydrogens (tertiary/aromatic N) is 3. The highest BCUT2D eigenvalue weighted by molar-refractivity contribution is 6.05. The third-order valence-corrected chi connectivity index (χ3v) is 6.84. The Morgan fingerprint density at radius 3 is 2.76 bits per heavy atom. The van der Waals surface area contributed by atoms with E-state index in [0.717, 1.165) is 39.9 Å². The highest BCUT2D eigenvalue weighted by atomic mass is 19.2. The van der Waals surface area contributed by atoms with Gasteiger partial charge in [0.05, 0.1) is 24.6 Å². The first-order valence-corrected chi connectivity index (χ1v) is 12.1. The molecule has 2 aromatic heterocycles. The fourth-order valence-corrected chi connectivity index (χ4v) is 4.99. The number of nitrogens with one attached hydrogen (secondary N) is 2. The molecule has 0 aliphatic carbocycles. The highest BCUT2D eigenvalue weighted by Crippen LogP contribution is 2.37. The van der Waals surface area contributed by atoms with Crippen molar-refractivity contribution in [1.82, 2.24) is 14.5 Å². The van der Waals surface area contributed by atoms with Gasteiger partial charge in [-0.05, 0) is 54.4 Å². The number of methoxy groups -OCH3 is 1. The largest absolute Gasteiger partial charge is 0.497 e. The van der Waals surface area contributed by atoms with Crippen LogP contribution >= 0.6 is 0 Å². The molecule has 1 atom stereocenters. The van der Waals surface area contributed by atoms with Gasteiger partial charge in [0.15, 0.2) is 11.6 Å². The van der Waals surface area contributed by atoms with Crippen LogP contribution in [0.3, 0.4) is 0 Å². The molecular weight excluding hydrogens is 492 g/mol. The molecule has 3 heterocycles. The monoisotopic (exact) mass is 515 g/mol. The van der Waals surface area contributed by atoms with E-state index in [1.54, 1.807) is 16.6 Å². The molecule has 0 saturated heterocycles. The van der Waals surface area contributed by atoms with Crippen LogP contribution in [0, 0.1) is 11.6 Å². The number of anilines is 2. The summed E-state index contributed by atoms with van der Waals surface area (Å²) in [6, 6.07) is 15.5. The summed E-state index contributed by atoms with van der Waals surface area (Å²) in [7, 11) is 1.61. The van der Waals surface area contributed by atoms with Crippen LogP contribution in [0.2, 0.25) is 0 Å². The van der Waals surface area contributed by atoms with Crippen molar-refractivity contribution < 1.29 is 23.1 Å². The Morgan fingerprint density at radius 2 is 1.95 bits per heavy atom. The topological polar surface area (TPSA) is 92.2 Å². The van der Waals surface area contributed by atoms with Gasteiger partial charge in [0.2, 0.25) is 11.9 Å². The van der Waals surface area contributed by atoms with Crippen LogP contribution in [0.1, 0.15) is 18.0 Å². The number of benzene rings is 3. The van der Waals surface area contributed by atoms with Crippen LogP contribution in [-0.4, -0.2) is 40.0 Å². The van der Waals surface area contributed by atoms with Gasteiger partial charge in [0, 0.05) is 35.4 Å². The number of hydrogen-bond donors (Lipinski definition) is 2. The Labute approximate surface area is 215 Å². The number of H-pyrrole nitrogens is 1. The summed E-state index contributed by atoms with van der Waals surface area (Å²) in [5.41, 5.74) is 3.55. The van der Waals surface area contributed by atoms with Gasteiger partial charge in [0.1, 0.15) is 11.8 Å². The Hall–Kier alpha value is -4.73. The molecule has 10 heteroatoms. The molecule has 5 aromatic rings. The lowest BCUT2D eigenvalue weighted by atomic mass is 10.1. The molecule has 0 bridgehead atoms. The average molecular weight is 516 g/mol. The van der Waals surface area contributed by atoms with Gasteiger partial charge < -0.3 is 15.0 Å². The van der Waals surface area contributed by atoms with Crippen LogP contribution in [0.25, 0.3) is 21.9 Å². The number of imidazole rings is 1. The molecule has 2 amide bonds. The average Bonchev–Trinajstić information content (AvgIpc) is 3.57. The Bertz CT molecular complexity index is 1710. The molecule has 192 valence electrons. The molecule has 0 radical (unpaired) electrons. The third-order valence-electron chi connectivity index (χ3n) is 6.84. The van der Waals surface area contributed by atoms with E-state index in [1.165, 1.54) is 6.07 Å². The minimum atomic E-state index is -1.07. The normalized spacial score (nSPS) is 14.9. The summed E-state index contributed by atoms with van der Waals surface area (Å²) >= 11 is 0. The number of carbonyl (C=O) groups is 2. The summed E-state index contributed by atoms with van der Waals surface area (Å²) in [4.78, 5) is 36.1. The van der Waals surface area contributed by atoms with E-state index in [-0.39, 0.29) is 18.0 Å². The van der Waals surface area contributed by atoms with Gasteiger partial charge in [-0.1, -0.05) is 12.1 Å². The van der Waals surface area contributed by atoms with E-state index < -0.39 is 23.6 Å². The number of aromatic amines is 1. The lowest BCUT2D eigenvalue weighted by molar-refractivity contribution is -0.124. The second-order valence-electron chi connectivity index (χ2n) is 9.13. The minimum absolute atomic E-state index is 0.113.